The van der Waals surface area contributed by atoms with Crippen LogP contribution in [0.3, 0.4) is 0 Å². The van der Waals surface area contributed by atoms with Crippen LogP contribution in [0.2, 0.25) is 0 Å². The fourth-order valence-corrected chi connectivity index (χ4v) is 4.11. The van der Waals surface area contributed by atoms with E-state index in [2.05, 4.69) is 15.0 Å². The molecule has 0 N–H and O–H groups in total. The number of piperazine rings is 1. The summed E-state index contributed by atoms with van der Waals surface area (Å²) in [7, 11) is 0. The first-order chi connectivity index (χ1) is 14.3. The second kappa shape index (κ2) is 8.19. The molecule has 1 fully saturated rings. The highest BCUT2D eigenvalue weighted by Crippen LogP contribution is 2.31. The van der Waals surface area contributed by atoms with Crippen LogP contribution in [0.5, 0.6) is 0 Å². The van der Waals surface area contributed by atoms with Crippen LogP contribution in [0.1, 0.15) is 26.0 Å². The Morgan fingerprint density at radius 1 is 1.17 bits per heavy atom. The van der Waals surface area contributed by atoms with Crippen molar-refractivity contribution in [2.75, 3.05) is 26.2 Å². The van der Waals surface area contributed by atoms with E-state index >= 15 is 0 Å². The van der Waals surface area contributed by atoms with E-state index in [1.165, 1.54) is 23.5 Å². The van der Waals surface area contributed by atoms with Gasteiger partial charge in [0.15, 0.2) is 0 Å². The number of alkyl halides is 3. The Labute approximate surface area is 174 Å². The number of nitrogens with zero attached hydrogens (tertiary/aromatic N) is 4. The van der Waals surface area contributed by atoms with Gasteiger partial charge in [-0.15, -0.1) is 11.3 Å². The van der Waals surface area contributed by atoms with E-state index in [9.17, 15) is 18.0 Å². The molecule has 1 amide bonds. The molecular formula is C20H19F3N4O2S. The number of benzene rings is 1. The van der Waals surface area contributed by atoms with Gasteiger partial charge in [-0.1, -0.05) is 17.3 Å². The molecule has 1 aromatic carbocycles. The number of carbonyl (C=O) groups is 1. The van der Waals surface area contributed by atoms with Crippen LogP contribution in [-0.4, -0.2) is 52.0 Å². The molecule has 1 aliphatic heterocycles. The highest BCUT2D eigenvalue weighted by atomic mass is 32.1. The molecule has 30 heavy (non-hydrogen) atoms. The maximum absolute atomic E-state index is 12.9. The van der Waals surface area contributed by atoms with Crippen molar-refractivity contribution < 1.29 is 22.5 Å². The molecule has 3 heterocycles. The van der Waals surface area contributed by atoms with Crippen molar-refractivity contribution in [1.29, 1.82) is 0 Å². The molecule has 158 valence electrons. The highest BCUT2D eigenvalue weighted by Gasteiger charge is 2.31. The monoisotopic (exact) mass is 436 g/mol. The van der Waals surface area contributed by atoms with Crippen LogP contribution in [-0.2, 0) is 12.7 Å². The van der Waals surface area contributed by atoms with Gasteiger partial charge < -0.3 is 9.42 Å². The molecule has 0 saturated carbocycles. The summed E-state index contributed by atoms with van der Waals surface area (Å²) in [6, 6.07) is 8.63. The highest BCUT2D eigenvalue weighted by molar-refractivity contribution is 7.13. The lowest BCUT2D eigenvalue weighted by Crippen LogP contribution is -2.48. The number of amides is 1. The first-order valence-corrected chi connectivity index (χ1v) is 10.2. The van der Waals surface area contributed by atoms with Crippen molar-refractivity contribution in [3.05, 3.63) is 57.6 Å². The van der Waals surface area contributed by atoms with Crippen molar-refractivity contribution in [3.8, 4) is 11.4 Å². The van der Waals surface area contributed by atoms with Crippen LogP contribution in [0.15, 0.2) is 40.9 Å². The van der Waals surface area contributed by atoms with Gasteiger partial charge in [0.25, 0.3) is 5.91 Å². The second-order valence-corrected chi connectivity index (χ2v) is 8.36. The van der Waals surface area contributed by atoms with E-state index in [0.29, 0.717) is 38.6 Å². The second-order valence-electron chi connectivity index (χ2n) is 7.07. The zero-order valence-electron chi connectivity index (χ0n) is 16.1. The number of rotatable bonds is 4. The van der Waals surface area contributed by atoms with Gasteiger partial charge in [0.1, 0.15) is 0 Å². The summed E-state index contributed by atoms with van der Waals surface area (Å²) in [6.07, 6.45) is -4.43. The SMILES string of the molecule is Cc1ccc(C(=O)N2CCN(Cc3nc(-c4cccc(C(F)(F)F)c4)no3)CC2)s1. The quantitative estimate of drug-likeness (QED) is 0.617. The first kappa shape index (κ1) is 20.5. The molecule has 1 saturated heterocycles. The van der Waals surface area contributed by atoms with Gasteiger partial charge in [-0.3, -0.25) is 9.69 Å². The van der Waals surface area contributed by atoms with Gasteiger partial charge in [0.05, 0.1) is 17.0 Å². The molecule has 4 rings (SSSR count). The summed E-state index contributed by atoms with van der Waals surface area (Å²) in [5.74, 6) is 0.492. The smallest absolute Gasteiger partial charge is 0.338 e. The molecule has 0 radical (unpaired) electrons. The lowest BCUT2D eigenvalue weighted by Gasteiger charge is -2.33. The van der Waals surface area contributed by atoms with E-state index in [1.54, 1.807) is 0 Å². The van der Waals surface area contributed by atoms with Gasteiger partial charge in [0.2, 0.25) is 11.7 Å². The average Bonchev–Trinajstić information content (AvgIpc) is 3.37. The zero-order valence-corrected chi connectivity index (χ0v) is 17.0. The summed E-state index contributed by atoms with van der Waals surface area (Å²) in [4.78, 5) is 22.5. The molecular weight excluding hydrogens is 417 g/mol. The van der Waals surface area contributed by atoms with Crippen molar-refractivity contribution in [3.63, 3.8) is 0 Å². The van der Waals surface area contributed by atoms with Crippen molar-refractivity contribution in [2.45, 2.75) is 19.6 Å². The number of halogens is 3. The number of hydrogen-bond donors (Lipinski definition) is 0. The number of aromatic nitrogens is 2. The maximum atomic E-state index is 12.9. The van der Waals surface area contributed by atoms with Gasteiger partial charge in [-0.2, -0.15) is 18.2 Å². The zero-order chi connectivity index (χ0) is 21.3. The molecule has 0 bridgehead atoms. The normalized spacial score (nSPS) is 15.5. The first-order valence-electron chi connectivity index (χ1n) is 9.38. The van der Waals surface area contributed by atoms with Crippen molar-refractivity contribution in [1.82, 2.24) is 19.9 Å². The molecule has 10 heteroatoms. The Morgan fingerprint density at radius 3 is 2.60 bits per heavy atom. The fraction of sp³-hybridized carbons (Fsp3) is 0.350. The lowest BCUT2D eigenvalue weighted by atomic mass is 10.1. The predicted molar refractivity (Wildman–Crippen MR) is 105 cm³/mol. The summed E-state index contributed by atoms with van der Waals surface area (Å²) in [5.41, 5.74) is -0.505. The van der Waals surface area contributed by atoms with E-state index in [1.807, 2.05) is 24.0 Å². The van der Waals surface area contributed by atoms with E-state index in [-0.39, 0.29) is 17.3 Å². The molecule has 3 aromatic rings. The Balaban J connectivity index is 1.36. The molecule has 0 aliphatic carbocycles. The standard InChI is InChI=1S/C20H19F3N4O2S/c1-13-5-6-16(30-13)19(28)27-9-7-26(8-10-27)12-17-24-18(25-29-17)14-3-2-4-15(11-14)20(21,22)23/h2-6,11H,7-10,12H2,1H3. The Bertz CT molecular complexity index is 1040. The number of carbonyl (C=O) groups excluding carboxylic acids is 1. The van der Waals surface area contributed by atoms with E-state index < -0.39 is 11.7 Å². The number of aryl methyl sites for hydroxylation is 1. The third-order valence-electron chi connectivity index (χ3n) is 4.89. The topological polar surface area (TPSA) is 62.5 Å². The molecule has 0 atom stereocenters. The summed E-state index contributed by atoms with van der Waals surface area (Å²) in [5, 5.41) is 3.82. The van der Waals surface area contributed by atoms with Gasteiger partial charge in [-0.05, 0) is 31.2 Å². The van der Waals surface area contributed by atoms with Gasteiger partial charge in [-0.25, -0.2) is 0 Å². The van der Waals surface area contributed by atoms with Crippen LogP contribution in [0, 0.1) is 6.92 Å². The number of hydrogen-bond acceptors (Lipinski definition) is 6. The molecule has 1 aliphatic rings. The maximum Gasteiger partial charge on any atom is 0.416 e. The Morgan fingerprint density at radius 2 is 1.93 bits per heavy atom. The largest absolute Gasteiger partial charge is 0.416 e. The Hall–Kier alpha value is -2.72. The van der Waals surface area contributed by atoms with Gasteiger partial charge >= 0.3 is 6.18 Å². The Kier molecular flexibility index (Phi) is 5.61. The summed E-state index contributed by atoms with van der Waals surface area (Å²) >= 11 is 1.49. The summed E-state index contributed by atoms with van der Waals surface area (Å²) in [6.45, 7) is 4.83. The fourth-order valence-electron chi connectivity index (χ4n) is 3.28. The van der Waals surface area contributed by atoms with Crippen LogP contribution in [0.25, 0.3) is 11.4 Å². The van der Waals surface area contributed by atoms with Crippen LogP contribution < -0.4 is 0 Å². The third kappa shape index (κ3) is 4.54. The molecule has 2 aromatic heterocycles. The third-order valence-corrected chi connectivity index (χ3v) is 5.87. The average molecular weight is 436 g/mol. The summed E-state index contributed by atoms with van der Waals surface area (Å²) < 4.78 is 43.9. The minimum absolute atomic E-state index is 0.0392. The predicted octanol–water partition coefficient (Wildman–Crippen LogP) is 4.08. The minimum Gasteiger partial charge on any atom is -0.338 e. The molecule has 0 unspecified atom stereocenters. The molecule has 0 spiro atoms. The number of thiophene rings is 1. The van der Waals surface area contributed by atoms with Crippen LogP contribution >= 0.6 is 11.3 Å². The van der Waals surface area contributed by atoms with E-state index in [4.69, 9.17) is 4.52 Å². The minimum atomic E-state index is -4.43. The lowest BCUT2D eigenvalue weighted by molar-refractivity contribution is -0.137. The van der Waals surface area contributed by atoms with Crippen molar-refractivity contribution in [2.24, 2.45) is 0 Å². The van der Waals surface area contributed by atoms with Crippen LogP contribution in [0.4, 0.5) is 13.2 Å². The molecule has 6 nitrogen and oxygen atoms in total. The van der Waals surface area contributed by atoms with E-state index in [0.717, 1.165) is 21.9 Å². The van der Waals surface area contributed by atoms with Gasteiger partial charge in [0, 0.05) is 36.6 Å². The van der Waals surface area contributed by atoms with Crippen molar-refractivity contribution >= 4 is 17.2 Å².